The molecule has 0 heterocycles. The second-order valence-electron chi connectivity index (χ2n) is 2.17. The van der Waals surface area contributed by atoms with E-state index >= 15 is 0 Å². The molecule has 12 heavy (non-hydrogen) atoms. The Morgan fingerprint density at radius 2 is 1.75 bits per heavy atom. The second kappa shape index (κ2) is 5.66. The van der Waals surface area contributed by atoms with Gasteiger partial charge < -0.3 is 0 Å². The van der Waals surface area contributed by atoms with Crippen molar-refractivity contribution in [2.45, 2.75) is 6.92 Å². The van der Waals surface area contributed by atoms with Crippen molar-refractivity contribution in [2.75, 3.05) is 0 Å². The minimum absolute atomic E-state index is 0.100. The van der Waals surface area contributed by atoms with E-state index in [1.807, 2.05) is 0 Å². The molecule has 0 aliphatic carbocycles. The first-order valence-electron chi connectivity index (χ1n) is 3.16. The van der Waals surface area contributed by atoms with E-state index in [9.17, 15) is 8.78 Å². The Hall–Kier alpha value is 0.0534. The van der Waals surface area contributed by atoms with Crippen molar-refractivity contribution in [3.8, 4) is 0 Å². The standard InChI is InChI=1S/C8H7F2.BrH.Zn/c1-5-3-4-6(2)8(10)7(5)9;;/h3-4H,1H2,2H3;1H;/q-1;;+2/p-1. The summed E-state index contributed by atoms with van der Waals surface area (Å²) in [5.74, 6) is -1.65. The normalized spacial score (nSPS) is 8.83. The van der Waals surface area contributed by atoms with Crippen LogP contribution in [0.3, 0.4) is 0 Å². The van der Waals surface area contributed by atoms with E-state index in [-0.39, 0.29) is 5.56 Å². The topological polar surface area (TPSA) is 0 Å². The van der Waals surface area contributed by atoms with Crippen LogP contribution in [0.2, 0.25) is 0 Å². The fraction of sp³-hybridized carbons (Fsp3) is 0.125. The van der Waals surface area contributed by atoms with Crippen LogP contribution in [0.1, 0.15) is 11.1 Å². The first-order chi connectivity index (χ1) is 5.63. The van der Waals surface area contributed by atoms with Gasteiger partial charge in [-0.15, -0.1) is 6.07 Å². The van der Waals surface area contributed by atoms with Crippen molar-refractivity contribution in [1.29, 1.82) is 0 Å². The van der Waals surface area contributed by atoms with Crippen LogP contribution in [0, 0.1) is 25.5 Å². The van der Waals surface area contributed by atoms with Gasteiger partial charge in [0.15, 0.2) is 0 Å². The van der Waals surface area contributed by atoms with Gasteiger partial charge in [-0.3, -0.25) is 4.39 Å². The molecule has 0 fully saturated rings. The minimum atomic E-state index is -0.847. The van der Waals surface area contributed by atoms with E-state index in [1.54, 1.807) is 0 Å². The molecule has 0 unspecified atom stereocenters. The molecule has 0 saturated carbocycles. The van der Waals surface area contributed by atoms with E-state index in [0.717, 1.165) is 0 Å². The summed E-state index contributed by atoms with van der Waals surface area (Å²) in [6, 6.07) is 2.95. The molecule has 0 aliphatic rings. The number of rotatable bonds is 0. The Labute approximate surface area is 87.4 Å². The van der Waals surface area contributed by atoms with Crippen molar-refractivity contribution in [3.05, 3.63) is 41.8 Å². The molecule has 0 bridgehead atoms. The van der Waals surface area contributed by atoms with Crippen LogP contribution < -0.4 is 0 Å². The molecule has 0 nitrogen and oxygen atoms in total. The van der Waals surface area contributed by atoms with Crippen LogP contribution in [0.15, 0.2) is 12.1 Å². The summed E-state index contributed by atoms with van der Waals surface area (Å²) in [6.07, 6.45) is 0. The molecular weight excluding hydrogens is 279 g/mol. The Kier molecular flexibility index (Phi) is 5.68. The Morgan fingerprint density at radius 3 is 2.17 bits per heavy atom. The first-order valence-corrected chi connectivity index (χ1v) is 10.1. The summed E-state index contributed by atoms with van der Waals surface area (Å²) < 4.78 is 25.1. The Morgan fingerprint density at radius 1 is 1.25 bits per heavy atom. The summed E-state index contributed by atoms with van der Waals surface area (Å²) in [5, 5.41) is 0. The zero-order valence-corrected chi connectivity index (χ0v) is 11.3. The molecule has 0 amide bonds. The molecule has 1 rings (SSSR count). The van der Waals surface area contributed by atoms with Gasteiger partial charge in [0.25, 0.3) is 0 Å². The van der Waals surface area contributed by atoms with Gasteiger partial charge in [0.2, 0.25) is 0 Å². The average Bonchev–Trinajstić information content (AvgIpc) is 2.12. The number of hydrogen-bond acceptors (Lipinski definition) is 0. The maximum atomic E-state index is 12.6. The van der Waals surface area contributed by atoms with Crippen LogP contribution in [-0.4, -0.2) is 0 Å². The average molecular weight is 286 g/mol. The summed E-state index contributed by atoms with van der Waals surface area (Å²) in [4.78, 5) is 0. The van der Waals surface area contributed by atoms with Crippen LogP contribution in [-0.2, 0) is 16.3 Å². The van der Waals surface area contributed by atoms with Gasteiger partial charge in [-0.2, -0.15) is 18.6 Å². The molecule has 0 N–H and O–H groups in total. The molecule has 0 atom stereocenters. The van der Waals surface area contributed by atoms with Gasteiger partial charge in [0.05, 0.1) is 5.82 Å². The molecule has 0 radical (unpaired) electrons. The Bertz CT molecular complexity index is 236. The summed E-state index contributed by atoms with van der Waals surface area (Å²) in [6.45, 7) is 4.82. The second-order valence-corrected chi connectivity index (χ2v) is 2.17. The third-order valence-corrected chi connectivity index (χ3v) is 1.36. The SMILES string of the molecule is [CH2-]c1ccc(C)c(F)c1F.[Zn+][Br]. The van der Waals surface area contributed by atoms with Gasteiger partial charge in [-0.1, -0.05) is 0 Å². The van der Waals surface area contributed by atoms with Gasteiger partial charge in [-0.05, 0) is 12.5 Å². The van der Waals surface area contributed by atoms with E-state index in [0.29, 0.717) is 5.56 Å². The van der Waals surface area contributed by atoms with Crippen molar-refractivity contribution < 1.29 is 25.1 Å². The fourth-order valence-corrected chi connectivity index (χ4v) is 0.686. The van der Waals surface area contributed by atoms with Crippen molar-refractivity contribution in [3.63, 3.8) is 0 Å². The van der Waals surface area contributed by atoms with E-state index in [4.69, 9.17) is 0 Å². The summed E-state index contributed by atoms with van der Waals surface area (Å²) in [7, 11) is 0. The van der Waals surface area contributed by atoms with Crippen LogP contribution in [0.4, 0.5) is 8.78 Å². The van der Waals surface area contributed by atoms with E-state index in [2.05, 4.69) is 20.5 Å². The van der Waals surface area contributed by atoms with Crippen LogP contribution in [0.5, 0.6) is 0 Å². The molecule has 0 aromatic heterocycles. The molecule has 0 saturated heterocycles. The van der Waals surface area contributed by atoms with Crippen molar-refractivity contribution >= 4 is 13.6 Å². The molecule has 1 aromatic carbocycles. The predicted octanol–water partition coefficient (Wildman–Crippen LogP) is 3.30. The van der Waals surface area contributed by atoms with Gasteiger partial charge in [-0.25, -0.2) is 4.39 Å². The number of halogens is 3. The Balaban J connectivity index is 0.000000561. The third kappa shape index (κ3) is 2.83. The zero-order valence-electron chi connectivity index (χ0n) is 6.70. The van der Waals surface area contributed by atoms with Crippen LogP contribution >= 0.6 is 13.6 Å². The first kappa shape index (κ1) is 12.1. The number of aryl methyl sites for hydroxylation is 1. The van der Waals surface area contributed by atoms with Gasteiger partial charge >= 0.3 is 30.0 Å². The molecule has 62 valence electrons. The van der Waals surface area contributed by atoms with Crippen molar-refractivity contribution in [2.24, 2.45) is 0 Å². The van der Waals surface area contributed by atoms with E-state index < -0.39 is 11.6 Å². The van der Waals surface area contributed by atoms with Gasteiger partial charge in [0.1, 0.15) is 5.82 Å². The molecule has 0 aliphatic heterocycles. The maximum absolute atomic E-state index is 12.6. The molecule has 4 heteroatoms. The quantitative estimate of drug-likeness (QED) is 0.507. The van der Waals surface area contributed by atoms with Crippen molar-refractivity contribution in [1.82, 2.24) is 0 Å². The van der Waals surface area contributed by atoms with E-state index in [1.165, 1.54) is 35.4 Å². The molecular formula is C8H7BrF2Zn. The number of hydrogen-bond donors (Lipinski definition) is 0. The monoisotopic (exact) mass is 284 g/mol. The third-order valence-electron chi connectivity index (χ3n) is 1.36. The predicted molar refractivity (Wildman–Crippen MR) is 44.5 cm³/mol. The summed E-state index contributed by atoms with van der Waals surface area (Å²) in [5.41, 5.74) is 0.410. The molecule has 0 spiro atoms. The van der Waals surface area contributed by atoms with Crippen LogP contribution in [0.25, 0.3) is 0 Å². The fourth-order valence-electron chi connectivity index (χ4n) is 0.686. The molecule has 1 aromatic rings. The number of benzene rings is 1. The van der Waals surface area contributed by atoms with Gasteiger partial charge in [0, 0.05) is 0 Å². The zero-order chi connectivity index (χ0) is 9.72. The summed E-state index contributed by atoms with van der Waals surface area (Å²) >= 11 is 4.25.